The third kappa shape index (κ3) is 3.40. The van der Waals surface area contributed by atoms with E-state index in [0.29, 0.717) is 17.8 Å². The molecule has 3 rings (SSSR count). The molecule has 0 unspecified atom stereocenters. The highest BCUT2D eigenvalue weighted by Gasteiger charge is 2.22. The largest absolute Gasteiger partial charge is 0.378 e. The summed E-state index contributed by atoms with van der Waals surface area (Å²) in [6.45, 7) is 2.12. The van der Waals surface area contributed by atoms with Gasteiger partial charge >= 0.3 is 0 Å². The van der Waals surface area contributed by atoms with Gasteiger partial charge in [-0.1, -0.05) is 30.3 Å². The molecule has 0 aliphatic rings. The van der Waals surface area contributed by atoms with Crippen LogP contribution in [0.3, 0.4) is 0 Å². The van der Waals surface area contributed by atoms with Crippen molar-refractivity contribution < 1.29 is 9.59 Å². The van der Waals surface area contributed by atoms with Gasteiger partial charge in [-0.3, -0.25) is 9.59 Å². The number of H-pyrrole nitrogens is 1. The highest BCUT2D eigenvalue weighted by atomic mass is 16.2. The molecule has 0 spiro atoms. The molecule has 25 heavy (non-hydrogen) atoms. The Bertz CT molecular complexity index is 941. The molecule has 0 bridgehead atoms. The molecule has 2 N–H and O–H groups in total. The first-order valence-electron chi connectivity index (χ1n) is 8.13. The van der Waals surface area contributed by atoms with Gasteiger partial charge in [0.15, 0.2) is 0 Å². The first-order chi connectivity index (χ1) is 12.0. The lowest BCUT2D eigenvalue weighted by molar-refractivity contribution is -0.117. The summed E-state index contributed by atoms with van der Waals surface area (Å²) in [5, 5.41) is 3.50. The number of nitrogens with zero attached hydrogens (tertiary/aromatic N) is 1. The fourth-order valence-corrected chi connectivity index (χ4v) is 2.89. The average molecular weight is 335 g/mol. The molecule has 128 valence electrons. The van der Waals surface area contributed by atoms with Gasteiger partial charge in [0.25, 0.3) is 11.7 Å². The highest BCUT2D eigenvalue weighted by Crippen LogP contribution is 2.22. The van der Waals surface area contributed by atoms with Gasteiger partial charge < -0.3 is 15.2 Å². The van der Waals surface area contributed by atoms with Crippen LogP contribution in [0.4, 0.5) is 5.69 Å². The van der Waals surface area contributed by atoms with E-state index < -0.39 is 11.7 Å². The van der Waals surface area contributed by atoms with Crippen molar-refractivity contribution in [3.05, 3.63) is 65.4 Å². The number of aromatic amines is 1. The number of hydrogen-bond acceptors (Lipinski definition) is 3. The molecule has 0 aliphatic heterocycles. The Labute approximate surface area is 146 Å². The average Bonchev–Trinajstić information content (AvgIpc) is 2.95. The van der Waals surface area contributed by atoms with E-state index in [4.69, 9.17) is 0 Å². The Kier molecular flexibility index (Phi) is 4.57. The molecule has 0 radical (unpaired) electrons. The standard InChI is InChI=1S/C20H21N3O2/c1-13-18(16-9-4-5-10-17(16)22-13)19(24)20(25)21-12-14-7-6-8-15(11-14)23(2)3/h4-11,22H,12H2,1-3H3,(H,21,25). The molecule has 0 saturated carbocycles. The number of carbonyl (C=O) groups is 2. The zero-order valence-electron chi connectivity index (χ0n) is 14.6. The Morgan fingerprint density at radius 2 is 1.84 bits per heavy atom. The molecular weight excluding hydrogens is 314 g/mol. The van der Waals surface area contributed by atoms with E-state index in [0.717, 1.165) is 22.2 Å². The van der Waals surface area contributed by atoms with E-state index >= 15 is 0 Å². The monoisotopic (exact) mass is 335 g/mol. The number of hydrogen-bond donors (Lipinski definition) is 2. The Morgan fingerprint density at radius 3 is 2.60 bits per heavy atom. The van der Waals surface area contributed by atoms with E-state index in [1.807, 2.05) is 67.5 Å². The van der Waals surface area contributed by atoms with Crippen molar-refractivity contribution in [1.82, 2.24) is 10.3 Å². The smallest absolute Gasteiger partial charge is 0.292 e. The predicted octanol–water partition coefficient (Wildman–Crippen LogP) is 3.04. The molecule has 0 saturated heterocycles. The van der Waals surface area contributed by atoms with E-state index in [1.54, 1.807) is 6.92 Å². The third-order valence-corrected chi connectivity index (χ3v) is 4.21. The summed E-state index contributed by atoms with van der Waals surface area (Å²) in [7, 11) is 3.92. The lowest BCUT2D eigenvalue weighted by atomic mass is 10.1. The van der Waals surface area contributed by atoms with Crippen LogP contribution in [0, 0.1) is 6.92 Å². The summed E-state index contributed by atoms with van der Waals surface area (Å²) in [6, 6.07) is 15.3. The molecule has 5 nitrogen and oxygen atoms in total. The second-order valence-electron chi connectivity index (χ2n) is 6.25. The van der Waals surface area contributed by atoms with Crippen LogP contribution in [-0.2, 0) is 11.3 Å². The van der Waals surface area contributed by atoms with Crippen molar-refractivity contribution in [2.24, 2.45) is 0 Å². The van der Waals surface area contributed by atoms with Gasteiger partial charge in [0.05, 0.1) is 5.56 Å². The SMILES string of the molecule is Cc1[nH]c2ccccc2c1C(=O)C(=O)NCc1cccc(N(C)C)c1. The predicted molar refractivity (Wildman–Crippen MR) is 100.0 cm³/mol. The second-order valence-corrected chi connectivity index (χ2v) is 6.25. The number of anilines is 1. The number of Topliss-reactive ketones (excluding diaryl/α,β-unsaturated/α-hetero) is 1. The third-order valence-electron chi connectivity index (χ3n) is 4.21. The maximum Gasteiger partial charge on any atom is 0.292 e. The number of benzene rings is 2. The van der Waals surface area contributed by atoms with Crippen molar-refractivity contribution in [3.63, 3.8) is 0 Å². The van der Waals surface area contributed by atoms with Crippen LogP contribution < -0.4 is 10.2 Å². The lowest BCUT2D eigenvalue weighted by Gasteiger charge is -2.13. The number of aromatic nitrogens is 1. The summed E-state index contributed by atoms with van der Waals surface area (Å²) in [5.41, 5.74) is 3.99. The molecule has 1 aromatic heterocycles. The topological polar surface area (TPSA) is 65.2 Å². The minimum atomic E-state index is -0.594. The van der Waals surface area contributed by atoms with Crippen LogP contribution in [-0.4, -0.2) is 30.8 Å². The van der Waals surface area contributed by atoms with E-state index in [1.165, 1.54) is 0 Å². The fourth-order valence-electron chi connectivity index (χ4n) is 2.89. The summed E-state index contributed by atoms with van der Waals surface area (Å²) in [6.07, 6.45) is 0. The fraction of sp³-hybridized carbons (Fsp3) is 0.200. The maximum atomic E-state index is 12.6. The molecule has 1 amide bonds. The number of rotatable bonds is 5. The minimum Gasteiger partial charge on any atom is -0.378 e. The zero-order valence-corrected chi connectivity index (χ0v) is 14.6. The summed E-state index contributed by atoms with van der Waals surface area (Å²) >= 11 is 0. The van der Waals surface area contributed by atoms with E-state index in [2.05, 4.69) is 10.3 Å². The molecule has 0 aliphatic carbocycles. The highest BCUT2D eigenvalue weighted by molar-refractivity contribution is 6.45. The number of fused-ring (bicyclic) bond motifs is 1. The summed E-state index contributed by atoms with van der Waals surface area (Å²) < 4.78 is 0. The molecule has 0 atom stereocenters. The molecular formula is C20H21N3O2. The molecule has 1 heterocycles. The number of nitrogens with one attached hydrogen (secondary N) is 2. The van der Waals surface area contributed by atoms with Gasteiger partial charge in [-0.25, -0.2) is 0 Å². The maximum absolute atomic E-state index is 12.6. The Balaban J connectivity index is 1.76. The quantitative estimate of drug-likeness (QED) is 0.556. The first-order valence-corrected chi connectivity index (χ1v) is 8.13. The summed E-state index contributed by atoms with van der Waals surface area (Å²) in [5.74, 6) is -1.11. The van der Waals surface area contributed by atoms with E-state index in [9.17, 15) is 9.59 Å². The van der Waals surface area contributed by atoms with Crippen molar-refractivity contribution in [3.8, 4) is 0 Å². The Hall–Kier alpha value is -3.08. The van der Waals surface area contributed by atoms with Crippen molar-refractivity contribution >= 4 is 28.3 Å². The number of carbonyl (C=O) groups excluding carboxylic acids is 2. The number of ketones is 1. The van der Waals surface area contributed by atoms with Crippen molar-refractivity contribution in [2.45, 2.75) is 13.5 Å². The van der Waals surface area contributed by atoms with Crippen LogP contribution in [0.5, 0.6) is 0 Å². The minimum absolute atomic E-state index is 0.313. The van der Waals surface area contributed by atoms with Crippen LogP contribution >= 0.6 is 0 Å². The van der Waals surface area contributed by atoms with Crippen LogP contribution in [0.25, 0.3) is 10.9 Å². The number of amides is 1. The first kappa shape index (κ1) is 16.8. The van der Waals surface area contributed by atoms with Crippen LogP contribution in [0.15, 0.2) is 48.5 Å². The molecule has 2 aromatic carbocycles. The van der Waals surface area contributed by atoms with E-state index in [-0.39, 0.29) is 0 Å². The van der Waals surface area contributed by atoms with Gasteiger partial charge in [-0.2, -0.15) is 0 Å². The molecule has 0 fully saturated rings. The Morgan fingerprint density at radius 1 is 1.08 bits per heavy atom. The van der Waals surface area contributed by atoms with Gasteiger partial charge in [0, 0.05) is 42.9 Å². The van der Waals surface area contributed by atoms with Gasteiger partial charge in [-0.05, 0) is 30.7 Å². The summed E-state index contributed by atoms with van der Waals surface area (Å²) in [4.78, 5) is 30.1. The van der Waals surface area contributed by atoms with Crippen LogP contribution in [0.2, 0.25) is 0 Å². The van der Waals surface area contributed by atoms with Gasteiger partial charge in [0.1, 0.15) is 0 Å². The van der Waals surface area contributed by atoms with Crippen LogP contribution in [0.1, 0.15) is 21.6 Å². The molecule has 5 heteroatoms. The van der Waals surface area contributed by atoms with Crippen molar-refractivity contribution in [1.29, 1.82) is 0 Å². The second kappa shape index (κ2) is 6.81. The van der Waals surface area contributed by atoms with Crippen molar-refractivity contribution in [2.75, 3.05) is 19.0 Å². The van der Waals surface area contributed by atoms with Gasteiger partial charge in [0.2, 0.25) is 0 Å². The zero-order chi connectivity index (χ0) is 18.0. The number of aryl methyl sites for hydroxylation is 1. The van der Waals surface area contributed by atoms with Gasteiger partial charge in [-0.15, -0.1) is 0 Å². The lowest BCUT2D eigenvalue weighted by Crippen LogP contribution is -2.31. The molecule has 3 aromatic rings. The number of para-hydroxylation sites is 1. The normalized spacial score (nSPS) is 10.7.